The van der Waals surface area contributed by atoms with E-state index in [-0.39, 0.29) is 39.6 Å². The van der Waals surface area contributed by atoms with Gasteiger partial charge < -0.3 is 42.1 Å². The molecule has 0 aliphatic carbocycles. The van der Waals surface area contributed by atoms with Crippen LogP contribution in [-0.4, -0.2) is 77.7 Å². The number of rotatable bonds is 8. The van der Waals surface area contributed by atoms with E-state index in [1.165, 1.54) is 0 Å². The van der Waals surface area contributed by atoms with Gasteiger partial charge in [-0.3, -0.25) is 0 Å². The lowest BCUT2D eigenvalue weighted by Gasteiger charge is -2.22. The molecular formula is C9H20N6O5. The van der Waals surface area contributed by atoms with Gasteiger partial charge in [0.25, 0.3) is 0 Å². The number of carbonyl (C=O) groups is 3. The van der Waals surface area contributed by atoms with Crippen molar-refractivity contribution in [2.24, 2.45) is 11.5 Å². The van der Waals surface area contributed by atoms with Gasteiger partial charge in [-0.15, -0.1) is 0 Å². The summed E-state index contributed by atoms with van der Waals surface area (Å²) in [5.41, 5.74) is 10.0. The summed E-state index contributed by atoms with van der Waals surface area (Å²) in [6.45, 7) is -1.02. The summed E-state index contributed by atoms with van der Waals surface area (Å²) in [5.74, 6) is 0. The smallest absolute Gasteiger partial charge is 0.317 e. The quantitative estimate of drug-likeness (QED) is 0.260. The van der Waals surface area contributed by atoms with Crippen molar-refractivity contribution in [3.05, 3.63) is 0 Å². The highest BCUT2D eigenvalue weighted by Gasteiger charge is 2.12. The highest BCUT2D eigenvalue weighted by atomic mass is 16.3. The van der Waals surface area contributed by atoms with Crippen LogP contribution in [-0.2, 0) is 0 Å². The van der Waals surface area contributed by atoms with Gasteiger partial charge in [-0.05, 0) is 0 Å². The summed E-state index contributed by atoms with van der Waals surface area (Å²) in [6, 6.07) is -2.25. The lowest BCUT2D eigenvalue weighted by molar-refractivity contribution is 0.172. The molecule has 0 aromatic rings. The number of nitrogens with two attached hydrogens (primary N) is 2. The Hall–Kier alpha value is -2.27. The minimum Gasteiger partial charge on any atom is -0.395 e. The van der Waals surface area contributed by atoms with Gasteiger partial charge in [0.2, 0.25) is 0 Å². The van der Waals surface area contributed by atoms with Crippen molar-refractivity contribution in [3.63, 3.8) is 0 Å². The topological polar surface area (TPSA) is 174 Å². The zero-order chi connectivity index (χ0) is 15.5. The molecule has 20 heavy (non-hydrogen) atoms. The first-order valence-corrected chi connectivity index (χ1v) is 5.74. The molecule has 8 N–H and O–H groups in total. The zero-order valence-corrected chi connectivity index (χ0v) is 10.9. The van der Waals surface area contributed by atoms with Gasteiger partial charge in [-0.1, -0.05) is 0 Å². The third-order valence-corrected chi connectivity index (χ3v) is 2.22. The molecular weight excluding hydrogens is 272 g/mol. The molecule has 0 radical (unpaired) electrons. The Morgan fingerprint density at radius 1 is 0.850 bits per heavy atom. The van der Waals surface area contributed by atoms with Crippen molar-refractivity contribution in [1.29, 1.82) is 0 Å². The van der Waals surface area contributed by atoms with Crippen LogP contribution < -0.4 is 22.1 Å². The molecule has 0 saturated heterocycles. The summed E-state index contributed by atoms with van der Waals surface area (Å²) >= 11 is 0. The van der Waals surface area contributed by atoms with Crippen LogP contribution in [0.2, 0.25) is 0 Å². The molecule has 0 fully saturated rings. The van der Waals surface area contributed by atoms with Gasteiger partial charge in [-0.2, -0.15) is 0 Å². The van der Waals surface area contributed by atoms with Crippen LogP contribution >= 0.6 is 0 Å². The van der Waals surface area contributed by atoms with Crippen molar-refractivity contribution in [2.45, 2.75) is 0 Å². The van der Waals surface area contributed by atoms with Crippen LogP contribution in [0.1, 0.15) is 0 Å². The molecule has 0 aromatic heterocycles. The number of primary amides is 2. The van der Waals surface area contributed by atoms with Crippen molar-refractivity contribution < 1.29 is 24.6 Å². The number of urea groups is 3. The first kappa shape index (κ1) is 17.7. The minimum atomic E-state index is -0.793. The predicted molar refractivity (Wildman–Crippen MR) is 68.2 cm³/mol. The molecule has 0 bridgehead atoms. The molecule has 116 valence electrons. The molecule has 0 unspecified atom stereocenters. The Balaban J connectivity index is 4.09. The van der Waals surface area contributed by atoms with Gasteiger partial charge in [0.1, 0.15) is 0 Å². The molecule has 0 aliphatic heterocycles. The minimum absolute atomic E-state index is 0.0203. The van der Waals surface area contributed by atoms with E-state index in [1.807, 2.05) is 0 Å². The van der Waals surface area contributed by atoms with Crippen LogP contribution in [0.15, 0.2) is 0 Å². The van der Waals surface area contributed by atoms with E-state index in [9.17, 15) is 14.4 Å². The summed E-state index contributed by atoms with van der Waals surface area (Å²) < 4.78 is 0. The van der Waals surface area contributed by atoms with Crippen molar-refractivity contribution in [3.8, 4) is 0 Å². The number of amides is 6. The number of nitrogens with one attached hydrogen (secondary N) is 2. The standard InChI is InChI=1S/C9H20N6O5/c10-7(18)14(1-3-16)5-12-9(20)13-6-15(2-4-17)8(11)19/h16-17H,1-6H2,(H2,10,18)(H2,11,19)(H2,12,13,20). The fourth-order valence-corrected chi connectivity index (χ4v) is 1.17. The summed E-state index contributed by atoms with van der Waals surface area (Å²) in [4.78, 5) is 35.2. The van der Waals surface area contributed by atoms with E-state index < -0.39 is 18.1 Å². The predicted octanol–water partition coefficient (Wildman–Crippen LogP) is -3.05. The fourth-order valence-electron chi connectivity index (χ4n) is 1.17. The maximum absolute atomic E-state index is 11.4. The van der Waals surface area contributed by atoms with E-state index in [0.717, 1.165) is 9.80 Å². The molecule has 0 spiro atoms. The van der Waals surface area contributed by atoms with Crippen LogP contribution in [0.5, 0.6) is 0 Å². The molecule has 11 nitrogen and oxygen atoms in total. The van der Waals surface area contributed by atoms with Crippen molar-refractivity contribution >= 4 is 18.1 Å². The Morgan fingerprint density at radius 3 is 1.45 bits per heavy atom. The first-order valence-electron chi connectivity index (χ1n) is 5.74. The Bertz CT molecular complexity index is 309. The number of carbonyl (C=O) groups excluding carboxylic acids is 3. The lowest BCUT2D eigenvalue weighted by atomic mass is 10.6. The van der Waals surface area contributed by atoms with E-state index in [0.29, 0.717) is 0 Å². The molecule has 0 aliphatic rings. The highest BCUT2D eigenvalue weighted by Crippen LogP contribution is 1.86. The molecule has 0 saturated carbocycles. The maximum atomic E-state index is 11.4. The number of nitrogens with zero attached hydrogens (tertiary/aromatic N) is 2. The molecule has 0 atom stereocenters. The molecule has 11 heteroatoms. The summed E-state index contributed by atoms with van der Waals surface area (Å²) in [7, 11) is 0. The van der Waals surface area contributed by atoms with Crippen LogP contribution in [0.4, 0.5) is 14.4 Å². The van der Waals surface area contributed by atoms with Crippen molar-refractivity contribution in [1.82, 2.24) is 20.4 Å². The van der Waals surface area contributed by atoms with E-state index >= 15 is 0 Å². The first-order chi connectivity index (χ1) is 9.42. The van der Waals surface area contributed by atoms with Gasteiger partial charge in [0.15, 0.2) is 0 Å². The van der Waals surface area contributed by atoms with Crippen LogP contribution in [0.25, 0.3) is 0 Å². The van der Waals surface area contributed by atoms with Crippen LogP contribution in [0.3, 0.4) is 0 Å². The highest BCUT2D eigenvalue weighted by molar-refractivity contribution is 5.76. The Morgan fingerprint density at radius 2 is 1.20 bits per heavy atom. The zero-order valence-electron chi connectivity index (χ0n) is 10.9. The second kappa shape index (κ2) is 9.63. The van der Waals surface area contributed by atoms with Gasteiger partial charge >= 0.3 is 18.1 Å². The monoisotopic (exact) mass is 292 g/mol. The number of hydrogen-bond acceptors (Lipinski definition) is 5. The third kappa shape index (κ3) is 7.23. The number of aliphatic hydroxyl groups is 2. The van der Waals surface area contributed by atoms with E-state index in [2.05, 4.69) is 10.6 Å². The van der Waals surface area contributed by atoms with Gasteiger partial charge in [0.05, 0.1) is 26.6 Å². The van der Waals surface area contributed by atoms with Gasteiger partial charge in [0, 0.05) is 13.1 Å². The molecule has 0 rings (SSSR count). The SMILES string of the molecule is NC(=O)N(CCO)CNC(=O)NCN(CCO)C(N)=O. The largest absolute Gasteiger partial charge is 0.395 e. The fraction of sp³-hybridized carbons (Fsp3) is 0.667. The normalized spacial score (nSPS) is 9.70. The summed E-state index contributed by atoms with van der Waals surface area (Å²) in [5, 5.41) is 22.0. The summed E-state index contributed by atoms with van der Waals surface area (Å²) in [6.07, 6.45) is 0. The molecule has 6 amide bonds. The lowest BCUT2D eigenvalue weighted by Crippen LogP contribution is -2.51. The third-order valence-electron chi connectivity index (χ3n) is 2.22. The Labute approximate surface area is 115 Å². The van der Waals surface area contributed by atoms with Gasteiger partial charge in [-0.25, -0.2) is 14.4 Å². The average molecular weight is 292 g/mol. The number of hydrogen-bond donors (Lipinski definition) is 6. The van der Waals surface area contributed by atoms with E-state index in [4.69, 9.17) is 21.7 Å². The maximum Gasteiger partial charge on any atom is 0.317 e. The second-order valence-corrected chi connectivity index (χ2v) is 3.65. The van der Waals surface area contributed by atoms with Crippen LogP contribution in [0, 0.1) is 0 Å². The second-order valence-electron chi connectivity index (χ2n) is 3.65. The number of aliphatic hydroxyl groups excluding tert-OH is 2. The Kier molecular flexibility index (Phi) is 8.54. The molecule has 0 aromatic carbocycles. The average Bonchev–Trinajstić information content (AvgIpc) is 2.38. The van der Waals surface area contributed by atoms with Crippen molar-refractivity contribution in [2.75, 3.05) is 39.6 Å². The molecule has 0 heterocycles. The van der Waals surface area contributed by atoms with E-state index in [1.54, 1.807) is 0 Å².